The van der Waals surface area contributed by atoms with Gasteiger partial charge in [-0.25, -0.2) is 0 Å². The zero-order valence-corrected chi connectivity index (χ0v) is 19.7. The van der Waals surface area contributed by atoms with Crippen molar-refractivity contribution in [2.24, 2.45) is 0 Å². The van der Waals surface area contributed by atoms with Gasteiger partial charge in [-0.05, 0) is 56.0 Å². The molecule has 0 radical (unpaired) electrons. The molecule has 0 aromatic heterocycles. The number of nitro benzene ring substituents is 1. The highest BCUT2D eigenvalue weighted by Crippen LogP contribution is 2.32. The number of nitro groups is 1. The lowest BCUT2D eigenvalue weighted by Crippen LogP contribution is -2.50. The van der Waals surface area contributed by atoms with Crippen LogP contribution in [0.5, 0.6) is 0 Å². The predicted octanol–water partition coefficient (Wildman–Crippen LogP) is 3.21. The molecule has 0 aliphatic carbocycles. The molecule has 2 aliphatic rings. The van der Waals surface area contributed by atoms with Crippen LogP contribution < -0.4 is 10.2 Å². The van der Waals surface area contributed by atoms with E-state index in [0.717, 1.165) is 42.7 Å². The first-order valence-electron chi connectivity index (χ1n) is 11.7. The lowest BCUT2D eigenvalue weighted by Gasteiger charge is -2.34. The van der Waals surface area contributed by atoms with Crippen molar-refractivity contribution in [3.05, 3.63) is 63.2 Å². The second kappa shape index (κ2) is 10.2. The largest absolute Gasteiger partial charge is 0.366 e. The summed E-state index contributed by atoms with van der Waals surface area (Å²) in [6.07, 6.45) is 2.04. The van der Waals surface area contributed by atoms with E-state index in [9.17, 15) is 19.7 Å². The third kappa shape index (κ3) is 5.20. The summed E-state index contributed by atoms with van der Waals surface area (Å²) in [5.41, 5.74) is 3.89. The van der Waals surface area contributed by atoms with E-state index in [1.165, 1.54) is 6.07 Å². The first kappa shape index (κ1) is 23.7. The Morgan fingerprint density at radius 1 is 1.00 bits per heavy atom. The maximum Gasteiger partial charge on any atom is 0.293 e. The quantitative estimate of drug-likeness (QED) is 0.520. The molecule has 2 fully saturated rings. The molecule has 2 saturated heterocycles. The second-order valence-electron chi connectivity index (χ2n) is 9.02. The third-order valence-corrected chi connectivity index (χ3v) is 6.77. The van der Waals surface area contributed by atoms with Gasteiger partial charge in [-0.15, -0.1) is 0 Å². The Morgan fingerprint density at radius 3 is 2.38 bits per heavy atom. The lowest BCUT2D eigenvalue weighted by atomic mass is 10.1. The second-order valence-corrected chi connectivity index (χ2v) is 9.02. The maximum atomic E-state index is 13.0. The Kier molecular flexibility index (Phi) is 7.12. The van der Waals surface area contributed by atoms with Crippen LogP contribution in [0.1, 0.15) is 34.3 Å². The van der Waals surface area contributed by atoms with E-state index in [-0.39, 0.29) is 24.0 Å². The summed E-state index contributed by atoms with van der Waals surface area (Å²) in [5.74, 6) is -0.294. The average molecular weight is 466 g/mol. The topological polar surface area (TPSA) is 99.0 Å². The summed E-state index contributed by atoms with van der Waals surface area (Å²) >= 11 is 0. The van der Waals surface area contributed by atoms with E-state index >= 15 is 0 Å². The van der Waals surface area contributed by atoms with Gasteiger partial charge in [-0.2, -0.15) is 0 Å². The molecule has 0 saturated carbocycles. The van der Waals surface area contributed by atoms with Gasteiger partial charge >= 0.3 is 0 Å². The van der Waals surface area contributed by atoms with Gasteiger partial charge in [0.15, 0.2) is 0 Å². The van der Waals surface area contributed by atoms with Crippen LogP contribution in [-0.4, -0.2) is 72.4 Å². The van der Waals surface area contributed by atoms with E-state index in [2.05, 4.69) is 5.32 Å². The number of hydrogen-bond donors (Lipinski definition) is 1. The van der Waals surface area contributed by atoms with Crippen LogP contribution in [0.15, 0.2) is 36.4 Å². The van der Waals surface area contributed by atoms with Gasteiger partial charge < -0.3 is 15.1 Å². The normalized spacial score (nSPS) is 16.5. The zero-order chi connectivity index (χ0) is 24.2. The fourth-order valence-electron chi connectivity index (χ4n) is 4.60. The van der Waals surface area contributed by atoms with Crippen molar-refractivity contribution in [2.45, 2.75) is 26.7 Å². The predicted molar refractivity (Wildman–Crippen MR) is 131 cm³/mol. The van der Waals surface area contributed by atoms with Gasteiger partial charge in [-0.1, -0.05) is 12.1 Å². The molecule has 0 spiro atoms. The van der Waals surface area contributed by atoms with Crippen molar-refractivity contribution in [1.29, 1.82) is 0 Å². The number of amides is 2. The van der Waals surface area contributed by atoms with Crippen LogP contribution in [-0.2, 0) is 4.79 Å². The average Bonchev–Trinajstić information content (AvgIpc) is 3.36. The smallest absolute Gasteiger partial charge is 0.293 e. The summed E-state index contributed by atoms with van der Waals surface area (Å²) < 4.78 is 0. The Balaban J connectivity index is 1.34. The number of rotatable bonds is 6. The van der Waals surface area contributed by atoms with Crippen LogP contribution in [0.2, 0.25) is 0 Å². The summed E-state index contributed by atoms with van der Waals surface area (Å²) in [4.78, 5) is 42.5. The van der Waals surface area contributed by atoms with Gasteiger partial charge in [0, 0.05) is 56.6 Å². The zero-order valence-electron chi connectivity index (χ0n) is 19.7. The lowest BCUT2D eigenvalue weighted by molar-refractivity contribution is -0.384. The fourth-order valence-corrected chi connectivity index (χ4v) is 4.60. The number of aryl methyl sites for hydroxylation is 1. The van der Waals surface area contributed by atoms with E-state index in [1.54, 1.807) is 17.0 Å². The van der Waals surface area contributed by atoms with Crippen LogP contribution in [0.4, 0.5) is 17.1 Å². The molecule has 2 aliphatic heterocycles. The van der Waals surface area contributed by atoms with Crippen molar-refractivity contribution in [3.8, 4) is 0 Å². The van der Waals surface area contributed by atoms with Gasteiger partial charge in [0.25, 0.3) is 11.6 Å². The maximum absolute atomic E-state index is 13.0. The molecule has 9 heteroatoms. The van der Waals surface area contributed by atoms with Gasteiger partial charge in [-0.3, -0.25) is 24.6 Å². The first-order chi connectivity index (χ1) is 16.3. The molecule has 2 heterocycles. The highest BCUT2D eigenvalue weighted by molar-refractivity contribution is 5.96. The van der Waals surface area contributed by atoms with E-state index < -0.39 is 4.92 Å². The number of anilines is 2. The summed E-state index contributed by atoms with van der Waals surface area (Å²) in [7, 11) is 0. The number of hydrogen-bond acceptors (Lipinski definition) is 6. The molecule has 2 amide bonds. The molecule has 180 valence electrons. The van der Waals surface area contributed by atoms with E-state index in [4.69, 9.17) is 0 Å². The Labute approximate surface area is 199 Å². The molecular formula is C25H31N5O4. The van der Waals surface area contributed by atoms with Crippen molar-refractivity contribution in [2.75, 3.05) is 56.0 Å². The van der Waals surface area contributed by atoms with Crippen LogP contribution in [0.3, 0.4) is 0 Å². The van der Waals surface area contributed by atoms with Crippen molar-refractivity contribution >= 4 is 28.9 Å². The summed E-state index contributed by atoms with van der Waals surface area (Å²) in [6, 6.07) is 10.6. The fraction of sp³-hybridized carbons (Fsp3) is 0.440. The van der Waals surface area contributed by atoms with Crippen molar-refractivity contribution in [3.63, 3.8) is 0 Å². The van der Waals surface area contributed by atoms with Crippen LogP contribution in [0, 0.1) is 24.0 Å². The number of benzene rings is 2. The van der Waals surface area contributed by atoms with Gasteiger partial charge in [0.2, 0.25) is 5.91 Å². The molecule has 4 rings (SSSR count). The monoisotopic (exact) mass is 465 g/mol. The third-order valence-electron chi connectivity index (χ3n) is 6.77. The standard InChI is InChI=1S/C25H31N5O4/c1-18-6-5-7-21(19(18)2)26-24(31)17-27-12-14-29(15-13-27)25(32)20-8-9-22(23(16-20)30(33)34)28-10-3-4-11-28/h5-9,16H,3-4,10-15,17H2,1-2H3,(H,26,31). The Morgan fingerprint density at radius 2 is 1.71 bits per heavy atom. The minimum absolute atomic E-state index is 0.0190. The van der Waals surface area contributed by atoms with Gasteiger partial charge in [0.1, 0.15) is 5.69 Å². The SMILES string of the molecule is Cc1cccc(NC(=O)CN2CCN(C(=O)c3ccc(N4CCCC4)c([N+](=O)[O-])c3)CC2)c1C. The number of nitrogens with zero attached hydrogens (tertiary/aromatic N) is 4. The minimum Gasteiger partial charge on any atom is -0.366 e. The molecule has 0 bridgehead atoms. The van der Waals surface area contributed by atoms with Crippen molar-refractivity contribution < 1.29 is 14.5 Å². The van der Waals surface area contributed by atoms with Crippen molar-refractivity contribution in [1.82, 2.24) is 9.80 Å². The van der Waals surface area contributed by atoms with Crippen LogP contribution in [0.25, 0.3) is 0 Å². The molecule has 2 aromatic carbocycles. The molecular weight excluding hydrogens is 434 g/mol. The summed E-state index contributed by atoms with van der Waals surface area (Å²) in [5, 5.41) is 14.6. The first-order valence-corrected chi connectivity index (χ1v) is 11.7. The molecule has 2 aromatic rings. The Hall–Kier alpha value is -3.46. The molecule has 34 heavy (non-hydrogen) atoms. The Bertz CT molecular complexity index is 1090. The van der Waals surface area contributed by atoms with E-state index in [0.29, 0.717) is 37.4 Å². The number of carbonyl (C=O) groups excluding carboxylic acids is 2. The molecule has 1 N–H and O–H groups in total. The highest BCUT2D eigenvalue weighted by atomic mass is 16.6. The van der Waals surface area contributed by atoms with Gasteiger partial charge in [0.05, 0.1) is 11.5 Å². The minimum atomic E-state index is -0.406. The van der Waals surface area contributed by atoms with Crippen LogP contribution >= 0.6 is 0 Å². The van der Waals surface area contributed by atoms with E-state index in [1.807, 2.05) is 41.8 Å². The molecule has 0 atom stereocenters. The number of carbonyl (C=O) groups is 2. The number of piperazine rings is 1. The number of nitrogens with one attached hydrogen (secondary N) is 1. The molecule has 9 nitrogen and oxygen atoms in total. The summed E-state index contributed by atoms with van der Waals surface area (Å²) in [6.45, 7) is 7.92. The highest BCUT2D eigenvalue weighted by Gasteiger charge is 2.27. The molecule has 0 unspecified atom stereocenters.